The van der Waals surface area contributed by atoms with Crippen molar-refractivity contribution in [2.45, 2.75) is 26.7 Å². The van der Waals surface area contributed by atoms with Gasteiger partial charge < -0.3 is 20.9 Å². The average Bonchev–Trinajstić information content (AvgIpc) is 2.51. The number of primary amides is 2. The molecule has 0 spiro atoms. The Labute approximate surface area is 147 Å². The van der Waals surface area contributed by atoms with Crippen LogP contribution in [0.2, 0.25) is 10.0 Å². The van der Waals surface area contributed by atoms with Crippen molar-refractivity contribution in [3.8, 4) is 11.5 Å². The van der Waals surface area contributed by atoms with E-state index in [0.29, 0.717) is 0 Å². The molecule has 0 radical (unpaired) electrons. The molecule has 0 aliphatic rings. The van der Waals surface area contributed by atoms with Crippen molar-refractivity contribution in [1.29, 1.82) is 0 Å². The van der Waals surface area contributed by atoms with Gasteiger partial charge in [-0.1, -0.05) is 37.0 Å². The lowest BCUT2D eigenvalue weighted by Gasteiger charge is -2.19. The molecule has 2 amide bonds. The van der Waals surface area contributed by atoms with E-state index >= 15 is 0 Å². The molecule has 130 valence electrons. The molecule has 0 aliphatic carbocycles. The van der Waals surface area contributed by atoms with Gasteiger partial charge in [0.05, 0.1) is 10.0 Å². The quantitative estimate of drug-likeness (QED) is 0.454. The Morgan fingerprint density at radius 3 is 1.38 bits per heavy atom. The van der Waals surface area contributed by atoms with E-state index in [4.69, 9.17) is 44.1 Å². The van der Waals surface area contributed by atoms with Gasteiger partial charge in [-0.2, -0.15) is 0 Å². The van der Waals surface area contributed by atoms with Crippen molar-refractivity contribution in [1.82, 2.24) is 0 Å². The first-order valence-electron chi connectivity index (χ1n) is 6.71. The molecule has 24 heavy (non-hydrogen) atoms. The molecular formula is C14H14Cl2N2O6. The summed E-state index contributed by atoms with van der Waals surface area (Å²) in [7, 11) is 0. The van der Waals surface area contributed by atoms with E-state index in [2.05, 4.69) is 0 Å². The van der Waals surface area contributed by atoms with Crippen LogP contribution in [-0.4, -0.2) is 23.8 Å². The first-order chi connectivity index (χ1) is 11.1. The Balaban J connectivity index is 3.62. The van der Waals surface area contributed by atoms with E-state index in [-0.39, 0.29) is 45.5 Å². The normalized spacial score (nSPS) is 10.2. The fourth-order valence-corrected chi connectivity index (χ4v) is 2.68. The number of nitrogens with two attached hydrogens (primary N) is 2. The minimum atomic E-state index is -1.36. The van der Waals surface area contributed by atoms with Gasteiger partial charge in [0.1, 0.15) is 0 Å². The summed E-state index contributed by atoms with van der Waals surface area (Å²) < 4.78 is 9.79. The van der Waals surface area contributed by atoms with Gasteiger partial charge in [-0.05, 0) is 18.4 Å². The Kier molecular flexibility index (Phi) is 6.56. The Morgan fingerprint density at radius 2 is 1.12 bits per heavy atom. The van der Waals surface area contributed by atoms with Crippen LogP contribution >= 0.6 is 23.2 Å². The number of carbonyl (C=O) groups excluding carboxylic acids is 4. The van der Waals surface area contributed by atoms with E-state index in [9.17, 15) is 19.2 Å². The fraction of sp³-hybridized carbons (Fsp3) is 0.286. The summed E-state index contributed by atoms with van der Waals surface area (Å²) in [5.41, 5.74) is 10.1. The summed E-state index contributed by atoms with van der Waals surface area (Å²) in [6.07, 6.45) is 0.427. The summed E-state index contributed by atoms with van der Waals surface area (Å²) in [5.74, 6) is -5.84. The number of carbonyl (C=O) groups is 4. The standard InChI is InChI=1S/C14H14Cl2N2O6/c1-3-5-7(15)9(23-13(21)11(17)19)6(4-2)10(8(5)16)24-14(22)12(18)20/h3-4H2,1-2H3,(H2,17,19)(H2,18,20). The molecule has 4 N–H and O–H groups in total. The third-order valence-corrected chi connectivity index (χ3v) is 3.78. The molecule has 8 nitrogen and oxygen atoms in total. The summed E-state index contributed by atoms with van der Waals surface area (Å²) in [4.78, 5) is 44.8. The van der Waals surface area contributed by atoms with Crippen molar-refractivity contribution in [2.24, 2.45) is 11.5 Å². The van der Waals surface area contributed by atoms with Gasteiger partial charge in [0.15, 0.2) is 11.5 Å². The predicted octanol–water partition coefficient (Wildman–Crippen LogP) is 0.900. The topological polar surface area (TPSA) is 139 Å². The highest BCUT2D eigenvalue weighted by atomic mass is 35.5. The molecule has 0 heterocycles. The van der Waals surface area contributed by atoms with Gasteiger partial charge >= 0.3 is 23.8 Å². The fourth-order valence-electron chi connectivity index (χ4n) is 1.87. The first-order valence-corrected chi connectivity index (χ1v) is 7.47. The molecule has 1 rings (SSSR count). The molecular weight excluding hydrogens is 363 g/mol. The Hall–Kier alpha value is -2.32. The van der Waals surface area contributed by atoms with E-state index < -0.39 is 23.8 Å². The smallest absolute Gasteiger partial charge is 0.402 e. The van der Waals surface area contributed by atoms with Gasteiger partial charge in [0.25, 0.3) is 0 Å². The minimum absolute atomic E-state index is 0.0344. The van der Waals surface area contributed by atoms with E-state index in [1.807, 2.05) is 0 Å². The predicted molar refractivity (Wildman–Crippen MR) is 84.9 cm³/mol. The lowest BCUT2D eigenvalue weighted by molar-refractivity contribution is -0.146. The molecule has 10 heteroatoms. The summed E-state index contributed by atoms with van der Waals surface area (Å²) in [6, 6.07) is 0. The van der Waals surface area contributed by atoms with Crippen molar-refractivity contribution < 1.29 is 28.7 Å². The maximum absolute atomic E-state index is 11.5. The van der Waals surface area contributed by atoms with Gasteiger partial charge in [-0.15, -0.1) is 0 Å². The molecule has 0 atom stereocenters. The molecule has 0 saturated heterocycles. The number of hydrogen-bond acceptors (Lipinski definition) is 6. The molecule has 1 aromatic carbocycles. The number of esters is 2. The van der Waals surface area contributed by atoms with Crippen molar-refractivity contribution in [3.05, 3.63) is 21.2 Å². The van der Waals surface area contributed by atoms with Crippen LogP contribution in [0.5, 0.6) is 11.5 Å². The zero-order valence-corrected chi connectivity index (χ0v) is 14.3. The second kappa shape index (κ2) is 7.98. The number of benzene rings is 1. The summed E-state index contributed by atoms with van der Waals surface area (Å²) in [6.45, 7) is 3.31. The lowest BCUT2D eigenvalue weighted by atomic mass is 10.0. The molecule has 0 aromatic heterocycles. The van der Waals surface area contributed by atoms with Gasteiger partial charge in [-0.3, -0.25) is 9.59 Å². The lowest BCUT2D eigenvalue weighted by Crippen LogP contribution is -2.29. The van der Waals surface area contributed by atoms with Crippen LogP contribution in [0.25, 0.3) is 0 Å². The average molecular weight is 377 g/mol. The summed E-state index contributed by atoms with van der Waals surface area (Å²) in [5, 5.41) is -0.0688. The van der Waals surface area contributed by atoms with E-state index in [0.717, 1.165) is 0 Å². The third kappa shape index (κ3) is 3.95. The SMILES string of the molecule is CCc1c(Cl)c(OC(=O)C(N)=O)c(CC)c(OC(=O)C(N)=O)c1Cl. The van der Waals surface area contributed by atoms with Crippen molar-refractivity contribution in [2.75, 3.05) is 0 Å². The van der Waals surface area contributed by atoms with Crippen LogP contribution < -0.4 is 20.9 Å². The van der Waals surface area contributed by atoms with Crippen LogP contribution in [0.3, 0.4) is 0 Å². The van der Waals surface area contributed by atoms with Crippen molar-refractivity contribution >= 4 is 47.0 Å². The maximum Gasteiger partial charge on any atom is 0.402 e. The Bertz CT molecular complexity index is 677. The monoisotopic (exact) mass is 376 g/mol. The number of amides is 2. The second-order valence-electron chi connectivity index (χ2n) is 4.46. The Morgan fingerprint density at radius 1 is 0.792 bits per heavy atom. The maximum atomic E-state index is 11.5. The third-order valence-electron chi connectivity index (χ3n) is 2.98. The first kappa shape index (κ1) is 19.7. The molecule has 0 fully saturated rings. The molecule has 1 aromatic rings. The molecule has 0 bridgehead atoms. The molecule has 0 aliphatic heterocycles. The molecule has 0 unspecified atom stereocenters. The van der Waals surface area contributed by atoms with Gasteiger partial charge in [-0.25, -0.2) is 9.59 Å². The zero-order chi connectivity index (χ0) is 18.6. The second-order valence-corrected chi connectivity index (χ2v) is 5.21. The van der Waals surface area contributed by atoms with E-state index in [1.165, 1.54) is 0 Å². The number of hydrogen-bond donors (Lipinski definition) is 2. The van der Waals surface area contributed by atoms with Crippen LogP contribution in [0.4, 0.5) is 0 Å². The van der Waals surface area contributed by atoms with Gasteiger partial charge in [0.2, 0.25) is 0 Å². The zero-order valence-electron chi connectivity index (χ0n) is 12.8. The number of ether oxygens (including phenoxy) is 2. The minimum Gasteiger partial charge on any atom is -0.417 e. The largest absolute Gasteiger partial charge is 0.417 e. The van der Waals surface area contributed by atoms with Crippen LogP contribution in [-0.2, 0) is 32.0 Å². The highest BCUT2D eigenvalue weighted by molar-refractivity contribution is 6.39. The summed E-state index contributed by atoms with van der Waals surface area (Å²) >= 11 is 12.3. The van der Waals surface area contributed by atoms with Crippen molar-refractivity contribution in [3.63, 3.8) is 0 Å². The highest BCUT2D eigenvalue weighted by Crippen LogP contribution is 2.45. The number of rotatable bonds is 4. The van der Waals surface area contributed by atoms with E-state index in [1.54, 1.807) is 13.8 Å². The van der Waals surface area contributed by atoms with Crippen LogP contribution in [0.15, 0.2) is 0 Å². The highest BCUT2D eigenvalue weighted by Gasteiger charge is 2.28. The molecule has 0 saturated carbocycles. The van der Waals surface area contributed by atoms with Crippen LogP contribution in [0.1, 0.15) is 25.0 Å². The van der Waals surface area contributed by atoms with Gasteiger partial charge in [0, 0.05) is 5.56 Å². The number of halogens is 2. The van der Waals surface area contributed by atoms with Crippen LogP contribution in [0, 0.1) is 0 Å².